The number of hydrogen-bond donors (Lipinski definition) is 4. The minimum atomic E-state index is -4.35. The molecule has 0 fully saturated rings. The molecule has 0 radical (unpaired) electrons. The summed E-state index contributed by atoms with van der Waals surface area (Å²) in [5.74, 6) is -0.0391. The molecule has 0 saturated carbocycles. The van der Waals surface area contributed by atoms with Crippen LogP contribution in [0.3, 0.4) is 0 Å². The first-order valence-electron chi connectivity index (χ1n) is 35.8. The van der Waals surface area contributed by atoms with Crippen molar-refractivity contribution < 1.29 is 75.7 Å². The molecule has 4 heterocycles. The minimum Gasteiger partial charge on any atom is -0.457 e. The van der Waals surface area contributed by atoms with Gasteiger partial charge in [-0.3, -0.25) is 18.3 Å². The molecule has 0 saturated heterocycles. The maximum Gasteiger partial charge on any atom is 0.234 e. The molecule has 0 amide bonds. The van der Waals surface area contributed by atoms with E-state index in [2.05, 4.69) is 52.0 Å². The van der Waals surface area contributed by atoms with Crippen molar-refractivity contribution >= 4 is 50.7 Å². The highest BCUT2D eigenvalue weighted by molar-refractivity contribution is 7.66. The lowest BCUT2D eigenvalue weighted by atomic mass is 9.74. The summed E-state index contributed by atoms with van der Waals surface area (Å²) < 4.78 is 119. The quantitative estimate of drug-likeness (QED) is 0.0264. The lowest BCUT2D eigenvalue weighted by Gasteiger charge is -2.38. The van der Waals surface area contributed by atoms with Crippen molar-refractivity contribution in [3.05, 3.63) is 212 Å². The summed E-state index contributed by atoms with van der Waals surface area (Å²) in [5, 5.41) is 0.956. The van der Waals surface area contributed by atoms with Crippen molar-refractivity contribution in [3.8, 4) is 46.0 Å². The molecule has 1 aliphatic carbocycles. The van der Waals surface area contributed by atoms with Crippen molar-refractivity contribution in [2.75, 3.05) is 27.2 Å². The van der Waals surface area contributed by atoms with E-state index in [0.29, 0.717) is 164 Å². The van der Waals surface area contributed by atoms with Gasteiger partial charge >= 0.3 is 0 Å². The molecule has 8 bridgehead atoms. The number of hydrogen-bond acceptors (Lipinski definition) is 12. The van der Waals surface area contributed by atoms with Gasteiger partial charge in [-0.05, 0) is 98.5 Å². The molecule has 5 aliphatic rings. The summed E-state index contributed by atoms with van der Waals surface area (Å²) in [7, 11) is -17.4. The third-order valence-corrected chi connectivity index (χ3v) is 28.1. The fourth-order valence-electron chi connectivity index (χ4n) is 15.8. The van der Waals surface area contributed by atoms with E-state index in [0.717, 1.165) is 51.4 Å². The van der Waals surface area contributed by atoms with E-state index >= 15 is 18.3 Å². The van der Waals surface area contributed by atoms with Crippen LogP contribution in [-0.4, -0.2) is 46.7 Å². The van der Waals surface area contributed by atoms with Crippen LogP contribution in [0.2, 0.25) is 0 Å². The van der Waals surface area contributed by atoms with Crippen LogP contribution in [0.1, 0.15) is 221 Å². The third kappa shape index (κ3) is 14.5. The van der Waals surface area contributed by atoms with Crippen LogP contribution in [0.15, 0.2) is 146 Å². The van der Waals surface area contributed by atoms with Crippen LogP contribution in [0.5, 0.6) is 46.0 Å². The van der Waals surface area contributed by atoms with Gasteiger partial charge in [0.2, 0.25) is 56.6 Å². The van der Waals surface area contributed by atoms with Crippen LogP contribution in [0.25, 0.3) is 0 Å². The Morgan fingerprint density at radius 1 is 0.280 bits per heavy atom. The van der Waals surface area contributed by atoms with E-state index in [9.17, 15) is 19.6 Å². The molecule has 8 aromatic carbocycles. The zero-order valence-electron chi connectivity index (χ0n) is 57.6. The van der Waals surface area contributed by atoms with Gasteiger partial charge in [0, 0.05) is 112 Å². The second-order valence-corrected chi connectivity index (χ2v) is 36.3. The predicted octanol–water partition coefficient (Wildman–Crippen LogP) is 18.1. The lowest BCUT2D eigenvalue weighted by molar-refractivity contribution is 0.0950. The first-order chi connectivity index (χ1) is 48.5. The molecular formula is C80H92O16P4. The molecule has 528 valence electrons. The molecule has 16 nitrogen and oxygen atoms in total. The Morgan fingerprint density at radius 3 is 0.610 bits per heavy atom. The fourth-order valence-corrected chi connectivity index (χ4v) is 21.9. The molecule has 4 aliphatic heterocycles. The molecular weight excluding hydrogens is 1340 g/mol. The Balaban J connectivity index is 1.23. The monoisotopic (exact) mass is 1430 g/mol. The van der Waals surface area contributed by atoms with Crippen LogP contribution in [-0.2, 0) is 42.9 Å². The fraction of sp³-hybridized carbons (Fsp3) is 0.400. The average Bonchev–Trinajstić information content (AvgIpc) is 0.720. The first-order valence-corrected chi connectivity index (χ1v) is 43.1. The van der Waals surface area contributed by atoms with Gasteiger partial charge in [0.15, 0.2) is 0 Å². The standard InChI is InChI=1S/C80H92O16P4/c1-5-9-17-37-57-61-41-63-58(38-18-10-6-2)65-43-67-60(40-20-12-8-4)68-44-66-59(39-19-11-7-3)64-42-62(57)74-70(46-98(83,84)54-31-23-14-24-32-54)76(64)92-51-94-78(66)72(48-100(87,88)56-35-27-16-28-36-56)80(68)96-52-95-79(67)71(47-99(85,86)55-33-25-15-26-34-55)77(65)93-50-91-75(63)69(73(61)89-49-90-74)45-97(81,82)53-29-21-13-22-30-53/h13-16,21-36,41-44,57-60H,5-12,17-20,37-40,45-52H2,1-4H3,(H,81,82)(H,83,84)(H,85,86)(H,87,88). The molecule has 8 aromatic rings. The van der Waals surface area contributed by atoms with Crippen LogP contribution < -0.4 is 59.1 Å². The van der Waals surface area contributed by atoms with Gasteiger partial charge in [-0.1, -0.05) is 178 Å². The first kappa shape index (κ1) is 71.3. The zero-order chi connectivity index (χ0) is 69.8. The average molecular weight is 1430 g/mol. The summed E-state index contributed by atoms with van der Waals surface area (Å²) in [5.41, 5.74) is 6.96. The highest BCUT2D eigenvalue weighted by Crippen LogP contribution is 2.63. The maximum absolute atomic E-state index is 15.6. The van der Waals surface area contributed by atoms with Crippen molar-refractivity contribution in [1.29, 1.82) is 0 Å². The number of benzene rings is 8. The van der Waals surface area contributed by atoms with Gasteiger partial charge in [0.1, 0.15) is 46.0 Å². The Bertz CT molecular complexity index is 3770. The number of unbranched alkanes of at least 4 members (excludes halogenated alkanes) is 8. The summed E-state index contributed by atoms with van der Waals surface area (Å²) in [6.45, 7) is 6.80. The van der Waals surface area contributed by atoms with Gasteiger partial charge in [-0.15, -0.1) is 0 Å². The number of rotatable bonds is 28. The van der Waals surface area contributed by atoms with Crippen molar-refractivity contribution in [2.24, 2.45) is 0 Å². The molecule has 4 N–H and O–H groups in total. The predicted molar refractivity (Wildman–Crippen MR) is 393 cm³/mol. The highest BCUT2D eigenvalue weighted by atomic mass is 31.2. The summed E-state index contributed by atoms with van der Waals surface area (Å²) >= 11 is 0. The smallest absolute Gasteiger partial charge is 0.234 e. The molecule has 0 aromatic heterocycles. The normalized spacial score (nSPS) is 19.4. The third-order valence-electron chi connectivity index (χ3n) is 20.7. The molecule has 0 spiro atoms. The Morgan fingerprint density at radius 2 is 0.450 bits per heavy atom. The van der Waals surface area contributed by atoms with E-state index in [-0.39, 0.29) is 21.2 Å². The maximum atomic E-state index is 15.6. The van der Waals surface area contributed by atoms with E-state index in [1.165, 1.54) is 0 Å². The largest absolute Gasteiger partial charge is 0.457 e. The van der Waals surface area contributed by atoms with E-state index < -0.39 is 105 Å². The van der Waals surface area contributed by atoms with Gasteiger partial charge < -0.3 is 57.5 Å². The SMILES string of the molecule is CCCCCC1c2cc3c4c(CP(=O)(O)c5ccccc5)c2OCOc2c1cc1c(c2CP(=O)(O)c2ccccc2)OCOc2c(cc5c(c2CP(=O)(O)c2ccccc2)OCOc2c(cc(c(c2CP(=O)(O)c2ccccc2)OCO4)C3CCCCC)C5CCCCC)C1CCCCC. The Labute approximate surface area is 587 Å². The van der Waals surface area contributed by atoms with Gasteiger partial charge in [0.25, 0.3) is 0 Å². The second kappa shape index (κ2) is 30.9. The topological polar surface area (TPSA) is 223 Å². The second-order valence-electron chi connectivity index (χ2n) is 27.4. The zero-order valence-corrected chi connectivity index (χ0v) is 61.2. The molecule has 100 heavy (non-hydrogen) atoms. The van der Waals surface area contributed by atoms with Gasteiger partial charge in [-0.25, -0.2) is 0 Å². The summed E-state index contributed by atoms with van der Waals surface area (Å²) in [6.07, 6.45) is 10.0. The minimum absolute atomic E-state index is 0.239. The van der Waals surface area contributed by atoms with Crippen LogP contribution in [0, 0.1) is 0 Å². The molecule has 13 rings (SSSR count). The highest BCUT2D eigenvalue weighted by Gasteiger charge is 2.45. The van der Waals surface area contributed by atoms with E-state index in [4.69, 9.17) is 37.9 Å². The van der Waals surface area contributed by atoms with Crippen molar-refractivity contribution in [3.63, 3.8) is 0 Å². The van der Waals surface area contributed by atoms with Crippen LogP contribution >= 0.6 is 29.5 Å². The van der Waals surface area contributed by atoms with Gasteiger partial charge in [-0.2, -0.15) is 0 Å². The molecule has 4 atom stereocenters. The van der Waals surface area contributed by atoms with E-state index in [1.54, 1.807) is 121 Å². The lowest BCUT2D eigenvalue weighted by Crippen LogP contribution is -2.26. The summed E-state index contributed by atoms with van der Waals surface area (Å²) in [6, 6.07) is 43.1. The Kier molecular flexibility index (Phi) is 22.0. The van der Waals surface area contributed by atoms with Crippen molar-refractivity contribution in [1.82, 2.24) is 0 Å². The molecule has 20 heteroatoms. The summed E-state index contributed by atoms with van der Waals surface area (Å²) in [4.78, 5) is 51.0. The van der Waals surface area contributed by atoms with Crippen molar-refractivity contribution in [2.45, 2.75) is 179 Å². The van der Waals surface area contributed by atoms with E-state index in [1.807, 2.05) is 0 Å². The van der Waals surface area contributed by atoms with Gasteiger partial charge in [0.05, 0.1) is 24.6 Å². The Hall–Kier alpha value is -7.08. The molecule has 4 unspecified atom stereocenters. The van der Waals surface area contributed by atoms with Crippen LogP contribution in [0.4, 0.5) is 0 Å². The number of ether oxygens (including phenoxy) is 8.